The smallest absolute Gasteiger partial charge is 0.327 e. The van der Waals surface area contributed by atoms with Crippen LogP contribution < -0.4 is 0 Å². The second-order valence-corrected chi connectivity index (χ2v) is 8.25. The Kier molecular flexibility index (Phi) is 4.58. The maximum Gasteiger partial charge on any atom is 0.327 e. The van der Waals surface area contributed by atoms with Crippen LogP contribution in [0.3, 0.4) is 0 Å². The Morgan fingerprint density at radius 1 is 1.47 bits per heavy atom. The minimum Gasteiger partial charge on any atom is -0.480 e. The van der Waals surface area contributed by atoms with Crippen molar-refractivity contribution in [3.05, 3.63) is 20.8 Å². The first-order valence-electron chi connectivity index (χ1n) is 5.84. The van der Waals surface area contributed by atoms with E-state index in [2.05, 4.69) is 15.9 Å². The summed E-state index contributed by atoms with van der Waals surface area (Å²) in [5.74, 6) is -0.440. The van der Waals surface area contributed by atoms with Crippen LogP contribution in [0, 0.1) is 5.92 Å². The molecule has 104 valence electrons. The fourth-order valence-corrected chi connectivity index (χ4v) is 4.85. The average Bonchev–Trinajstić information content (AvgIpc) is 2.93. The number of thiophene rings is 1. The molecule has 2 unspecified atom stereocenters. The third-order valence-electron chi connectivity index (χ3n) is 2.91. The van der Waals surface area contributed by atoms with Crippen molar-refractivity contribution >= 4 is 50.9 Å². The largest absolute Gasteiger partial charge is 0.480 e. The first kappa shape index (κ1) is 14.9. The lowest BCUT2D eigenvalue weighted by atomic mass is 10.1. The van der Waals surface area contributed by atoms with Crippen molar-refractivity contribution in [1.29, 1.82) is 0 Å². The summed E-state index contributed by atoms with van der Waals surface area (Å²) in [7, 11) is 0. The lowest BCUT2D eigenvalue weighted by molar-refractivity contribution is -0.141. The van der Waals surface area contributed by atoms with Gasteiger partial charge in [0.2, 0.25) is 0 Å². The number of carbonyl (C=O) groups excluding carboxylic acids is 1. The van der Waals surface area contributed by atoms with Crippen molar-refractivity contribution in [3.63, 3.8) is 0 Å². The summed E-state index contributed by atoms with van der Waals surface area (Å²) < 4.78 is 0.871. The highest BCUT2D eigenvalue weighted by atomic mass is 79.9. The van der Waals surface area contributed by atoms with Crippen molar-refractivity contribution in [2.45, 2.75) is 25.3 Å². The zero-order valence-electron chi connectivity index (χ0n) is 10.5. The van der Waals surface area contributed by atoms with Gasteiger partial charge >= 0.3 is 5.97 Å². The maximum absolute atomic E-state index is 12.5. The Bertz CT molecular complexity index is 503. The number of thioether (sulfide) groups is 1. The van der Waals surface area contributed by atoms with Gasteiger partial charge in [0.1, 0.15) is 6.04 Å². The van der Waals surface area contributed by atoms with Crippen molar-refractivity contribution in [2.24, 2.45) is 5.92 Å². The summed E-state index contributed by atoms with van der Waals surface area (Å²) in [6, 6.07) is 2.81. The molecule has 0 aromatic carbocycles. The van der Waals surface area contributed by atoms with E-state index in [1.807, 2.05) is 13.8 Å². The molecule has 2 atom stereocenters. The third kappa shape index (κ3) is 2.98. The Morgan fingerprint density at radius 3 is 2.63 bits per heavy atom. The summed E-state index contributed by atoms with van der Waals surface area (Å²) in [5, 5.41) is 9.20. The number of hydrogen-bond acceptors (Lipinski definition) is 4. The standard InChI is InChI=1S/C12H14BrNO3S2/c1-6(2)11-14(7(5-18-11)12(16)17)10(15)8-3-4-9(13)19-8/h3-4,6-7,11H,5H2,1-2H3,(H,16,17). The highest BCUT2D eigenvalue weighted by Gasteiger charge is 2.43. The molecule has 4 nitrogen and oxygen atoms in total. The second kappa shape index (κ2) is 5.85. The first-order chi connectivity index (χ1) is 8.91. The van der Waals surface area contributed by atoms with E-state index >= 15 is 0 Å². The zero-order chi connectivity index (χ0) is 14.2. The van der Waals surface area contributed by atoms with Crippen LogP contribution in [0.25, 0.3) is 0 Å². The molecule has 1 aromatic rings. The Balaban J connectivity index is 2.30. The Morgan fingerprint density at radius 2 is 2.16 bits per heavy atom. The van der Waals surface area contributed by atoms with E-state index in [4.69, 9.17) is 0 Å². The van der Waals surface area contributed by atoms with Crippen LogP contribution >= 0.6 is 39.0 Å². The number of amides is 1. The van der Waals surface area contributed by atoms with Crippen LogP contribution in [0.4, 0.5) is 0 Å². The number of halogens is 1. The molecule has 1 aromatic heterocycles. The predicted molar refractivity (Wildman–Crippen MR) is 80.7 cm³/mol. The molecule has 1 fully saturated rings. The van der Waals surface area contributed by atoms with E-state index in [1.165, 1.54) is 16.2 Å². The molecule has 1 saturated heterocycles. The molecule has 0 spiro atoms. The zero-order valence-corrected chi connectivity index (χ0v) is 13.7. The van der Waals surface area contributed by atoms with E-state index in [9.17, 15) is 14.7 Å². The second-order valence-electron chi connectivity index (χ2n) is 4.64. The van der Waals surface area contributed by atoms with Gasteiger partial charge < -0.3 is 10.0 Å². The molecule has 1 aliphatic rings. The van der Waals surface area contributed by atoms with Crippen LogP contribution in [0.5, 0.6) is 0 Å². The van der Waals surface area contributed by atoms with E-state index in [-0.39, 0.29) is 17.2 Å². The van der Waals surface area contributed by atoms with E-state index in [1.54, 1.807) is 23.9 Å². The van der Waals surface area contributed by atoms with Crippen LogP contribution in [0.15, 0.2) is 15.9 Å². The van der Waals surface area contributed by atoms with Gasteiger partial charge in [-0.05, 0) is 34.0 Å². The van der Waals surface area contributed by atoms with Gasteiger partial charge in [0, 0.05) is 5.75 Å². The fraction of sp³-hybridized carbons (Fsp3) is 0.500. The SMILES string of the molecule is CC(C)C1SCC(C(=O)O)N1C(=O)c1ccc(Br)s1. The predicted octanol–water partition coefficient (Wildman–Crippen LogP) is 3.13. The number of carboxylic acid groups (broad SMARTS) is 1. The van der Waals surface area contributed by atoms with Gasteiger partial charge in [0.15, 0.2) is 0 Å². The number of nitrogens with zero attached hydrogens (tertiary/aromatic N) is 1. The summed E-state index contributed by atoms with van der Waals surface area (Å²) in [4.78, 5) is 25.9. The monoisotopic (exact) mass is 363 g/mol. The summed E-state index contributed by atoms with van der Waals surface area (Å²) in [6.07, 6.45) is 0. The summed E-state index contributed by atoms with van der Waals surface area (Å²) >= 11 is 6.20. The normalized spacial score (nSPS) is 23.1. The van der Waals surface area contributed by atoms with Gasteiger partial charge in [-0.3, -0.25) is 4.79 Å². The molecule has 0 radical (unpaired) electrons. The minimum atomic E-state index is -0.931. The molecule has 19 heavy (non-hydrogen) atoms. The maximum atomic E-state index is 12.5. The fourth-order valence-electron chi connectivity index (χ4n) is 2.05. The lowest BCUT2D eigenvalue weighted by Gasteiger charge is -2.29. The molecular weight excluding hydrogens is 350 g/mol. The van der Waals surface area contributed by atoms with Crippen molar-refractivity contribution < 1.29 is 14.7 Å². The molecule has 1 amide bonds. The Hall–Kier alpha value is -0.530. The van der Waals surface area contributed by atoms with Gasteiger partial charge in [0.25, 0.3) is 5.91 Å². The molecule has 7 heteroatoms. The topological polar surface area (TPSA) is 57.6 Å². The molecule has 0 aliphatic carbocycles. The molecule has 0 saturated carbocycles. The molecule has 1 aliphatic heterocycles. The van der Waals surface area contributed by atoms with Crippen molar-refractivity contribution in [1.82, 2.24) is 4.90 Å². The summed E-state index contributed by atoms with van der Waals surface area (Å²) in [6.45, 7) is 4.01. The quantitative estimate of drug-likeness (QED) is 0.895. The molecule has 2 rings (SSSR count). The number of carboxylic acids is 1. The minimum absolute atomic E-state index is 0.0746. The van der Waals surface area contributed by atoms with Crippen LogP contribution in [-0.2, 0) is 4.79 Å². The van der Waals surface area contributed by atoms with Gasteiger partial charge in [-0.2, -0.15) is 0 Å². The van der Waals surface area contributed by atoms with Gasteiger partial charge in [-0.25, -0.2) is 4.79 Å². The van der Waals surface area contributed by atoms with Crippen LogP contribution in [0.2, 0.25) is 0 Å². The van der Waals surface area contributed by atoms with Gasteiger partial charge in [0.05, 0.1) is 14.0 Å². The van der Waals surface area contributed by atoms with Gasteiger partial charge in [-0.15, -0.1) is 23.1 Å². The first-order valence-corrected chi connectivity index (χ1v) is 8.50. The highest BCUT2D eigenvalue weighted by molar-refractivity contribution is 9.11. The van der Waals surface area contributed by atoms with Crippen molar-refractivity contribution in [2.75, 3.05) is 5.75 Å². The van der Waals surface area contributed by atoms with Crippen LogP contribution in [-0.4, -0.2) is 39.1 Å². The number of rotatable bonds is 3. The Labute approximate surface area is 128 Å². The number of hydrogen-bond donors (Lipinski definition) is 1. The van der Waals surface area contributed by atoms with E-state index in [0.717, 1.165) is 3.79 Å². The average molecular weight is 364 g/mol. The lowest BCUT2D eigenvalue weighted by Crippen LogP contribution is -2.46. The molecular formula is C12H14BrNO3S2. The van der Waals surface area contributed by atoms with Crippen molar-refractivity contribution in [3.8, 4) is 0 Å². The number of carbonyl (C=O) groups is 2. The molecule has 2 heterocycles. The highest BCUT2D eigenvalue weighted by Crippen LogP contribution is 2.36. The van der Waals surface area contributed by atoms with E-state index in [0.29, 0.717) is 10.6 Å². The van der Waals surface area contributed by atoms with Crippen LogP contribution in [0.1, 0.15) is 23.5 Å². The number of aliphatic carboxylic acids is 1. The van der Waals surface area contributed by atoms with E-state index < -0.39 is 12.0 Å². The van der Waals surface area contributed by atoms with Gasteiger partial charge in [-0.1, -0.05) is 13.8 Å². The third-order valence-corrected chi connectivity index (χ3v) is 6.14. The summed E-state index contributed by atoms with van der Waals surface area (Å²) in [5.41, 5.74) is 0. The molecule has 1 N–H and O–H groups in total. The molecule has 0 bridgehead atoms.